The molecule has 0 spiro atoms. The lowest BCUT2D eigenvalue weighted by molar-refractivity contribution is 0.358. The molecule has 0 bridgehead atoms. The van der Waals surface area contributed by atoms with Crippen molar-refractivity contribution in [2.75, 3.05) is 6.61 Å². The molecule has 0 saturated heterocycles. The highest BCUT2D eigenvalue weighted by Crippen LogP contribution is 2.62. The van der Waals surface area contributed by atoms with E-state index in [2.05, 4.69) is 30.9 Å². The second-order valence-corrected chi connectivity index (χ2v) is 10.2. The molecule has 3 nitrogen and oxygen atoms in total. The van der Waals surface area contributed by atoms with E-state index in [1.165, 1.54) is 0 Å². The van der Waals surface area contributed by atoms with Crippen molar-refractivity contribution < 1.29 is 4.52 Å². The molecular weight excluding hydrogens is 259 g/mol. The summed E-state index contributed by atoms with van der Waals surface area (Å²) in [7, 11) is 0. The van der Waals surface area contributed by atoms with Crippen LogP contribution in [0.4, 0.5) is 0 Å². The van der Waals surface area contributed by atoms with Crippen LogP contribution in [0.5, 0.6) is 0 Å². The first-order valence-corrected chi connectivity index (χ1v) is 9.54. The van der Waals surface area contributed by atoms with Gasteiger partial charge in [0, 0.05) is 5.25 Å². The maximum Gasteiger partial charge on any atom is 0.233 e. The molecule has 0 aromatic heterocycles. The Morgan fingerprint density at radius 2 is 2.25 bits per heavy atom. The van der Waals surface area contributed by atoms with E-state index in [1.54, 1.807) is 17.7 Å². The fraction of sp³-hybridized carbons (Fsp3) is 0.700. The molecule has 0 radical (unpaired) electrons. The monoisotopic (exact) mass is 280 g/mol. The third-order valence-corrected chi connectivity index (χ3v) is 6.97. The number of rotatable bonds is 8. The Kier molecular flexibility index (Phi) is 9.32. The van der Waals surface area contributed by atoms with Gasteiger partial charge in [-0.05, 0) is 31.4 Å². The highest BCUT2D eigenvalue weighted by atomic mass is 32.9. The molecule has 0 aromatic rings. The molecule has 0 aromatic carbocycles. The highest BCUT2D eigenvalue weighted by Gasteiger charge is 2.18. The molecule has 0 aliphatic rings. The number of allylic oxidation sites excluding steroid dienone is 1. The van der Waals surface area contributed by atoms with Gasteiger partial charge in [-0.2, -0.15) is 0 Å². The van der Waals surface area contributed by atoms with Gasteiger partial charge in [-0.15, -0.1) is 0 Å². The summed E-state index contributed by atoms with van der Waals surface area (Å²) >= 11 is 7.12. The van der Waals surface area contributed by atoms with Gasteiger partial charge < -0.3 is 9.84 Å². The molecule has 0 fully saturated rings. The predicted molar refractivity (Wildman–Crippen MR) is 79.7 cm³/mol. The normalized spacial score (nSPS) is 16.1. The van der Waals surface area contributed by atoms with Gasteiger partial charge in [0.1, 0.15) is 0 Å². The Morgan fingerprint density at radius 1 is 1.56 bits per heavy atom. The van der Waals surface area contributed by atoms with Crippen LogP contribution in [0.25, 0.3) is 0 Å². The molecule has 16 heavy (non-hydrogen) atoms. The number of hydrogen-bond donors (Lipinski definition) is 1. The summed E-state index contributed by atoms with van der Waals surface area (Å²) in [6, 6.07) is 0. The third-order valence-electron chi connectivity index (χ3n) is 1.34. The minimum Gasteiger partial charge on any atom is -0.353 e. The molecule has 0 aliphatic carbocycles. The summed E-state index contributed by atoms with van der Waals surface area (Å²) in [4.78, 5) is 0. The maximum absolute atomic E-state index is 5.70. The van der Waals surface area contributed by atoms with Crippen LogP contribution in [-0.2, 0) is 16.3 Å². The van der Waals surface area contributed by atoms with Gasteiger partial charge in [0.05, 0.1) is 12.9 Å². The van der Waals surface area contributed by atoms with E-state index < -0.39 is 5.62 Å². The quantitative estimate of drug-likeness (QED) is 0.415. The largest absolute Gasteiger partial charge is 0.353 e. The third kappa shape index (κ3) is 8.34. The zero-order valence-electron chi connectivity index (χ0n) is 10.3. The molecular formula is C10H21N2OPS2. The zero-order chi connectivity index (χ0) is 12.4. The van der Waals surface area contributed by atoms with Gasteiger partial charge in [-0.3, -0.25) is 0 Å². The van der Waals surface area contributed by atoms with Crippen molar-refractivity contribution in [1.29, 1.82) is 0 Å². The Bertz CT molecular complexity index is 280. The Morgan fingerprint density at radius 3 is 2.75 bits per heavy atom. The van der Waals surface area contributed by atoms with Crippen LogP contribution in [-0.4, -0.2) is 18.2 Å². The summed E-state index contributed by atoms with van der Waals surface area (Å²) in [6.07, 6.45) is 6.31. The Labute approximate surface area is 108 Å². The van der Waals surface area contributed by atoms with Crippen LogP contribution in [0.3, 0.4) is 0 Å². The zero-order valence-corrected chi connectivity index (χ0v) is 12.9. The lowest BCUT2D eigenvalue weighted by Gasteiger charge is -2.18. The van der Waals surface area contributed by atoms with Crippen molar-refractivity contribution in [1.82, 2.24) is 5.32 Å². The van der Waals surface area contributed by atoms with Crippen LogP contribution < -0.4 is 5.32 Å². The van der Waals surface area contributed by atoms with E-state index in [1.807, 2.05) is 19.2 Å². The predicted octanol–water partition coefficient (Wildman–Crippen LogP) is 3.93. The first-order chi connectivity index (χ1) is 7.54. The summed E-state index contributed by atoms with van der Waals surface area (Å²) < 4.78 is 10.0. The lowest BCUT2D eigenvalue weighted by atomic mass is 10.5. The van der Waals surface area contributed by atoms with Crippen molar-refractivity contribution in [2.45, 2.75) is 39.4 Å². The number of hydrogen-bond acceptors (Lipinski definition) is 3. The minimum atomic E-state index is -2.11. The Hall–Kier alpha value is 0.170. The van der Waals surface area contributed by atoms with Crippen LogP contribution in [0, 0.1) is 0 Å². The first kappa shape index (κ1) is 16.2. The minimum absolute atomic E-state index is 0.432. The summed E-state index contributed by atoms with van der Waals surface area (Å²) in [5, 5.41) is 3.37. The molecule has 94 valence electrons. The van der Waals surface area contributed by atoms with Crippen molar-refractivity contribution in [3.05, 3.63) is 12.3 Å². The van der Waals surface area contributed by atoms with Crippen molar-refractivity contribution in [2.24, 2.45) is 4.76 Å². The van der Waals surface area contributed by atoms with Crippen molar-refractivity contribution in [3.63, 3.8) is 0 Å². The van der Waals surface area contributed by atoms with E-state index >= 15 is 0 Å². The summed E-state index contributed by atoms with van der Waals surface area (Å²) in [5.41, 5.74) is -2.11. The number of nitrogens with zero attached hydrogens (tertiary/aromatic N) is 1. The molecule has 1 atom stereocenters. The lowest BCUT2D eigenvalue weighted by Crippen LogP contribution is -2.00. The van der Waals surface area contributed by atoms with Gasteiger partial charge >= 0.3 is 0 Å². The average Bonchev–Trinajstić information content (AvgIpc) is 2.21. The average molecular weight is 280 g/mol. The molecule has 1 N–H and O–H groups in total. The smallest absolute Gasteiger partial charge is 0.233 e. The van der Waals surface area contributed by atoms with Gasteiger partial charge in [0.2, 0.25) is 5.62 Å². The van der Waals surface area contributed by atoms with E-state index in [4.69, 9.17) is 16.3 Å². The highest BCUT2D eigenvalue weighted by molar-refractivity contribution is 8.69. The second kappa shape index (κ2) is 9.23. The van der Waals surface area contributed by atoms with Crippen LogP contribution in [0.15, 0.2) is 17.0 Å². The molecule has 0 amide bonds. The first-order valence-electron chi connectivity index (χ1n) is 5.38. The summed E-state index contributed by atoms with van der Waals surface area (Å²) in [5.74, 6) is 0. The number of nitrogens with one attached hydrogen (secondary N) is 1. The summed E-state index contributed by atoms with van der Waals surface area (Å²) in [6.45, 7) is 8.90. The van der Waals surface area contributed by atoms with E-state index in [0.717, 1.165) is 6.42 Å². The van der Waals surface area contributed by atoms with Gasteiger partial charge in [0.25, 0.3) is 0 Å². The Balaban J connectivity index is 4.40. The standard InChI is InChI=1S/C10H21N2OPS2/c1-5-7-11-9-12-14(15,13-8-6-2)16-10(3)4/h5,7,9-10H,6,8H2,1-4H3,(H,11,12,15). The van der Waals surface area contributed by atoms with Crippen LogP contribution in [0.1, 0.15) is 34.1 Å². The molecule has 0 rings (SSSR count). The SMILES string of the molecule is CC=CN/C=N/P(=S)(OCCC)SC(C)C. The van der Waals surface area contributed by atoms with Crippen LogP contribution in [0.2, 0.25) is 0 Å². The van der Waals surface area contributed by atoms with E-state index in [9.17, 15) is 0 Å². The van der Waals surface area contributed by atoms with Crippen LogP contribution >= 0.6 is 17.0 Å². The van der Waals surface area contributed by atoms with Gasteiger partial charge in [-0.1, -0.05) is 38.2 Å². The van der Waals surface area contributed by atoms with Gasteiger partial charge in [-0.25, -0.2) is 4.76 Å². The fourth-order valence-corrected chi connectivity index (χ4v) is 6.37. The molecule has 0 saturated carbocycles. The van der Waals surface area contributed by atoms with E-state index in [0.29, 0.717) is 11.9 Å². The molecule has 0 heterocycles. The maximum atomic E-state index is 5.70. The van der Waals surface area contributed by atoms with E-state index in [-0.39, 0.29) is 0 Å². The second-order valence-electron chi connectivity index (χ2n) is 3.37. The molecule has 0 aliphatic heterocycles. The molecule has 6 heteroatoms. The van der Waals surface area contributed by atoms with Gasteiger partial charge in [0.15, 0.2) is 0 Å². The fourth-order valence-electron chi connectivity index (χ4n) is 0.807. The van der Waals surface area contributed by atoms with Crippen molar-refractivity contribution in [3.8, 4) is 0 Å². The van der Waals surface area contributed by atoms with Crippen molar-refractivity contribution >= 4 is 35.1 Å². The molecule has 1 unspecified atom stereocenters. The topological polar surface area (TPSA) is 33.6 Å².